The van der Waals surface area contributed by atoms with Crippen LogP contribution in [0.25, 0.3) is 11.0 Å². The number of anilines is 1. The lowest BCUT2D eigenvalue weighted by atomic mass is 9.86. The molecule has 5 N–H and O–H groups in total. The van der Waals surface area contributed by atoms with Crippen molar-refractivity contribution in [1.82, 2.24) is 15.3 Å². The van der Waals surface area contributed by atoms with E-state index in [-0.39, 0.29) is 0 Å². The normalized spacial score (nSPS) is 19.3. The van der Waals surface area contributed by atoms with Crippen molar-refractivity contribution in [1.29, 1.82) is 0 Å². The van der Waals surface area contributed by atoms with Crippen LogP contribution >= 0.6 is 11.6 Å². The Balaban J connectivity index is 1.38. The molecule has 7 heteroatoms. The van der Waals surface area contributed by atoms with Crippen LogP contribution < -0.4 is 16.4 Å². The summed E-state index contributed by atoms with van der Waals surface area (Å²) in [6.45, 7) is 0.793. The third-order valence-electron chi connectivity index (χ3n) is 4.82. The molecule has 3 aromatic rings. The summed E-state index contributed by atoms with van der Waals surface area (Å²) >= 11 is 6.02. The number of halogens is 1. The van der Waals surface area contributed by atoms with Crippen molar-refractivity contribution in [2.45, 2.75) is 31.5 Å². The second-order valence-corrected chi connectivity index (χ2v) is 7.11. The van der Waals surface area contributed by atoms with E-state index >= 15 is 0 Å². The fraction of sp³-hybridized carbons (Fsp3) is 0.263. The standard InChI is InChI=1S/C19H20ClN5O/c20-12-3-1-2-11(6-12)9-23-13-7-14(8-13)25-17-15-4-5-22-19(15)24-10-16(17)18(21)26/h1-6,10,13-14,23H,7-9H2,(H2,21,26)(H2,22,24,25). The average molecular weight is 370 g/mol. The van der Waals surface area contributed by atoms with E-state index < -0.39 is 5.91 Å². The lowest BCUT2D eigenvalue weighted by Gasteiger charge is -2.37. The lowest BCUT2D eigenvalue weighted by molar-refractivity contribution is 0.100. The zero-order valence-electron chi connectivity index (χ0n) is 14.1. The number of rotatable bonds is 6. The number of carbonyl (C=O) groups excluding carboxylic acids is 1. The first-order valence-electron chi connectivity index (χ1n) is 8.60. The minimum atomic E-state index is -0.474. The van der Waals surface area contributed by atoms with E-state index in [1.807, 2.05) is 30.5 Å². The largest absolute Gasteiger partial charge is 0.381 e. The predicted molar refractivity (Wildman–Crippen MR) is 103 cm³/mol. The number of fused-ring (bicyclic) bond motifs is 1. The van der Waals surface area contributed by atoms with Crippen molar-refractivity contribution in [2.75, 3.05) is 5.32 Å². The Morgan fingerprint density at radius 1 is 1.31 bits per heavy atom. The third kappa shape index (κ3) is 3.38. The van der Waals surface area contributed by atoms with Crippen LogP contribution in [0.2, 0.25) is 5.02 Å². The second kappa shape index (κ2) is 6.97. The molecule has 0 atom stereocenters. The lowest BCUT2D eigenvalue weighted by Crippen LogP contribution is -2.47. The van der Waals surface area contributed by atoms with Gasteiger partial charge >= 0.3 is 0 Å². The first kappa shape index (κ1) is 16.9. The van der Waals surface area contributed by atoms with Gasteiger partial charge in [0.25, 0.3) is 5.91 Å². The summed E-state index contributed by atoms with van der Waals surface area (Å²) in [7, 11) is 0. The molecule has 134 valence electrons. The fourth-order valence-corrected chi connectivity index (χ4v) is 3.58. The van der Waals surface area contributed by atoms with Gasteiger partial charge in [-0.1, -0.05) is 23.7 Å². The molecule has 1 aliphatic rings. The summed E-state index contributed by atoms with van der Waals surface area (Å²) < 4.78 is 0. The molecule has 1 fully saturated rings. The maximum Gasteiger partial charge on any atom is 0.252 e. The molecular weight excluding hydrogens is 350 g/mol. The Labute approximate surface area is 156 Å². The number of benzene rings is 1. The zero-order valence-corrected chi connectivity index (χ0v) is 14.9. The first-order chi connectivity index (χ1) is 12.6. The molecular formula is C19H20ClN5O. The molecule has 1 aromatic carbocycles. The Bertz CT molecular complexity index is 948. The molecule has 4 rings (SSSR count). The highest BCUT2D eigenvalue weighted by Crippen LogP contribution is 2.31. The summed E-state index contributed by atoms with van der Waals surface area (Å²) in [4.78, 5) is 19.0. The number of amides is 1. The number of hydrogen-bond acceptors (Lipinski definition) is 4. The predicted octanol–water partition coefficient (Wildman–Crippen LogP) is 3.05. The van der Waals surface area contributed by atoms with Gasteiger partial charge in [-0.3, -0.25) is 4.79 Å². The number of nitrogens with zero attached hydrogens (tertiary/aromatic N) is 1. The number of nitrogens with one attached hydrogen (secondary N) is 3. The Morgan fingerprint density at radius 2 is 2.15 bits per heavy atom. The van der Waals surface area contributed by atoms with Crippen molar-refractivity contribution in [3.05, 3.63) is 58.9 Å². The number of pyridine rings is 1. The van der Waals surface area contributed by atoms with Crippen molar-refractivity contribution >= 4 is 34.2 Å². The van der Waals surface area contributed by atoms with Crippen LogP contribution in [-0.4, -0.2) is 28.0 Å². The highest BCUT2D eigenvalue weighted by Gasteiger charge is 2.30. The SMILES string of the molecule is NC(=O)c1cnc2[nH]ccc2c1NC1CC(NCc2cccc(Cl)c2)C1. The number of aromatic nitrogens is 2. The Hall–Kier alpha value is -2.57. The molecule has 2 heterocycles. The van der Waals surface area contributed by atoms with Crippen LogP contribution in [0.3, 0.4) is 0 Å². The topological polar surface area (TPSA) is 95.8 Å². The fourth-order valence-electron chi connectivity index (χ4n) is 3.37. The van der Waals surface area contributed by atoms with Crippen LogP contribution in [-0.2, 0) is 6.54 Å². The van der Waals surface area contributed by atoms with E-state index in [1.165, 1.54) is 11.8 Å². The molecule has 0 bridgehead atoms. The number of H-pyrrole nitrogens is 1. The van der Waals surface area contributed by atoms with Crippen LogP contribution in [0.4, 0.5) is 5.69 Å². The molecule has 2 aromatic heterocycles. The summed E-state index contributed by atoms with van der Waals surface area (Å²) in [6, 6.07) is 10.5. The first-order valence-corrected chi connectivity index (χ1v) is 8.98. The summed E-state index contributed by atoms with van der Waals surface area (Å²) in [6.07, 6.45) is 5.29. The van der Waals surface area contributed by atoms with Crippen molar-refractivity contribution in [2.24, 2.45) is 5.73 Å². The Morgan fingerprint density at radius 3 is 2.92 bits per heavy atom. The number of primary amides is 1. The molecule has 0 unspecified atom stereocenters. The molecule has 0 radical (unpaired) electrons. The highest BCUT2D eigenvalue weighted by molar-refractivity contribution is 6.30. The van der Waals surface area contributed by atoms with Gasteiger partial charge in [-0.15, -0.1) is 0 Å². The third-order valence-corrected chi connectivity index (χ3v) is 5.06. The van der Waals surface area contributed by atoms with Crippen molar-refractivity contribution < 1.29 is 4.79 Å². The molecule has 1 aliphatic carbocycles. The second-order valence-electron chi connectivity index (χ2n) is 6.67. The van der Waals surface area contributed by atoms with E-state index in [4.69, 9.17) is 17.3 Å². The molecule has 1 saturated carbocycles. The van der Waals surface area contributed by atoms with Gasteiger partial charge in [-0.25, -0.2) is 4.98 Å². The minimum Gasteiger partial charge on any atom is -0.381 e. The maximum atomic E-state index is 11.7. The van der Waals surface area contributed by atoms with Gasteiger partial charge in [-0.2, -0.15) is 0 Å². The molecule has 0 spiro atoms. The van der Waals surface area contributed by atoms with Gasteiger partial charge in [0, 0.05) is 41.4 Å². The van der Waals surface area contributed by atoms with Gasteiger partial charge in [0.2, 0.25) is 0 Å². The van der Waals surface area contributed by atoms with Crippen LogP contribution in [0.1, 0.15) is 28.8 Å². The summed E-state index contributed by atoms with van der Waals surface area (Å²) in [5.74, 6) is -0.474. The number of carbonyl (C=O) groups is 1. The van der Waals surface area contributed by atoms with Crippen LogP contribution in [0, 0.1) is 0 Å². The number of nitrogens with two attached hydrogens (primary N) is 1. The number of hydrogen-bond donors (Lipinski definition) is 4. The van der Waals surface area contributed by atoms with E-state index in [0.29, 0.717) is 17.6 Å². The smallest absolute Gasteiger partial charge is 0.252 e. The molecule has 26 heavy (non-hydrogen) atoms. The maximum absolute atomic E-state index is 11.7. The van der Waals surface area contributed by atoms with Gasteiger partial charge in [0.1, 0.15) is 5.65 Å². The molecule has 0 saturated heterocycles. The molecule has 1 amide bonds. The zero-order chi connectivity index (χ0) is 18.1. The quantitative estimate of drug-likeness (QED) is 0.537. The van der Waals surface area contributed by atoms with E-state index in [0.717, 1.165) is 41.1 Å². The van der Waals surface area contributed by atoms with E-state index in [1.54, 1.807) is 0 Å². The molecule has 6 nitrogen and oxygen atoms in total. The van der Waals surface area contributed by atoms with Crippen molar-refractivity contribution in [3.63, 3.8) is 0 Å². The van der Waals surface area contributed by atoms with Crippen LogP contribution in [0.15, 0.2) is 42.7 Å². The average Bonchev–Trinajstić information content (AvgIpc) is 3.05. The van der Waals surface area contributed by atoms with Gasteiger partial charge in [0.15, 0.2) is 0 Å². The monoisotopic (exact) mass is 369 g/mol. The molecule has 0 aliphatic heterocycles. The van der Waals surface area contributed by atoms with Crippen molar-refractivity contribution in [3.8, 4) is 0 Å². The van der Waals surface area contributed by atoms with E-state index in [9.17, 15) is 4.79 Å². The Kier molecular flexibility index (Phi) is 4.53. The van der Waals surface area contributed by atoms with Crippen LogP contribution in [0.5, 0.6) is 0 Å². The van der Waals surface area contributed by atoms with Gasteiger partial charge < -0.3 is 21.4 Å². The van der Waals surface area contributed by atoms with E-state index in [2.05, 4.69) is 26.7 Å². The van der Waals surface area contributed by atoms with Gasteiger partial charge in [0.05, 0.1) is 11.3 Å². The number of aromatic amines is 1. The summed E-state index contributed by atoms with van der Waals surface area (Å²) in [5, 5.41) is 8.65. The summed E-state index contributed by atoms with van der Waals surface area (Å²) in [5.41, 5.74) is 8.62. The van der Waals surface area contributed by atoms with Gasteiger partial charge in [-0.05, 0) is 36.6 Å². The minimum absolute atomic E-state index is 0.297. The highest BCUT2D eigenvalue weighted by atomic mass is 35.5.